The number of nitrogens with one attached hydrogen (secondary N) is 2. The molecule has 1 rings (SSSR count). The first-order valence-electron chi connectivity index (χ1n) is 3.00. The molecule has 0 fully saturated rings. The average molecular weight is 152 g/mol. The third kappa shape index (κ3) is 2.13. The number of allylic oxidation sites excluding steroid dienone is 1. The molecule has 2 N–H and O–H groups in total. The van der Waals surface area contributed by atoms with E-state index in [0.717, 1.165) is 0 Å². The van der Waals surface area contributed by atoms with E-state index in [4.69, 9.17) is 0 Å². The summed E-state index contributed by atoms with van der Waals surface area (Å²) in [5, 5.41) is 4.98. The van der Waals surface area contributed by atoms with Gasteiger partial charge in [-0.2, -0.15) is 15.8 Å². The van der Waals surface area contributed by atoms with Crippen molar-refractivity contribution in [3.8, 4) is 0 Å². The molecule has 58 valence electrons. The van der Waals surface area contributed by atoms with Gasteiger partial charge in [0.15, 0.2) is 0 Å². The van der Waals surface area contributed by atoms with Gasteiger partial charge < -0.3 is 0 Å². The normalized spacial score (nSPS) is 14.0. The Bertz CT molecular complexity index is 221. The van der Waals surface area contributed by atoms with E-state index in [1.54, 1.807) is 18.5 Å². The zero-order chi connectivity index (χ0) is 8.10. The zero-order valence-electron chi connectivity index (χ0n) is 5.82. The van der Waals surface area contributed by atoms with Crippen molar-refractivity contribution in [3.63, 3.8) is 0 Å². The number of nitrogens with zero attached hydrogens (tertiary/aromatic N) is 2. The topological polar surface area (TPSA) is 56.7 Å². The van der Waals surface area contributed by atoms with E-state index in [1.165, 1.54) is 11.2 Å². The summed E-state index contributed by atoms with van der Waals surface area (Å²) in [5.41, 5.74) is 4.95. The summed E-state index contributed by atoms with van der Waals surface area (Å²) in [6, 6.07) is 0. The molecule has 1 aliphatic rings. The van der Waals surface area contributed by atoms with Crippen LogP contribution in [0.25, 0.3) is 0 Å². The molecule has 0 aliphatic carbocycles. The number of carbonyl (C=O) groups is 1. The molecule has 1 heterocycles. The lowest BCUT2D eigenvalue weighted by molar-refractivity contribution is -0.121. The highest BCUT2D eigenvalue weighted by molar-refractivity contribution is 5.86. The lowest BCUT2D eigenvalue weighted by Crippen LogP contribution is -2.45. The third-order valence-electron chi connectivity index (χ3n) is 0.977. The van der Waals surface area contributed by atoms with Gasteiger partial charge in [0.05, 0.1) is 6.21 Å². The molecule has 0 aromatic rings. The number of hydrogen-bond donors (Lipinski definition) is 2. The number of hydrazine groups is 2. The van der Waals surface area contributed by atoms with E-state index < -0.39 is 0 Å². The Kier molecular flexibility index (Phi) is 2.27. The van der Waals surface area contributed by atoms with Crippen molar-refractivity contribution >= 4 is 12.1 Å². The molecule has 0 aromatic carbocycles. The van der Waals surface area contributed by atoms with Crippen LogP contribution < -0.4 is 11.0 Å². The summed E-state index contributed by atoms with van der Waals surface area (Å²) in [6.45, 7) is 3.30. The lowest BCUT2D eigenvalue weighted by Gasteiger charge is -2.19. The fourth-order valence-electron chi connectivity index (χ4n) is 0.523. The van der Waals surface area contributed by atoms with Crippen molar-refractivity contribution in [1.82, 2.24) is 16.1 Å². The van der Waals surface area contributed by atoms with E-state index in [0.29, 0.717) is 0 Å². The van der Waals surface area contributed by atoms with Gasteiger partial charge in [-0.3, -0.25) is 4.79 Å². The summed E-state index contributed by atoms with van der Waals surface area (Å²) >= 11 is 0. The molecule has 5 nitrogen and oxygen atoms in total. The molecular weight excluding hydrogens is 144 g/mol. The Morgan fingerprint density at radius 1 is 1.82 bits per heavy atom. The van der Waals surface area contributed by atoms with Gasteiger partial charge in [0, 0.05) is 6.20 Å². The number of hydrazone groups is 1. The highest BCUT2D eigenvalue weighted by atomic mass is 16.2. The van der Waals surface area contributed by atoms with Crippen LogP contribution in [0.4, 0.5) is 0 Å². The standard InChI is InChI=1S/C6H8N4O/c1-2-6(11)8-10-5-3-4-7-9-10/h2-5,9H,1H2,(H,8,11). The summed E-state index contributed by atoms with van der Waals surface area (Å²) < 4.78 is 0. The quantitative estimate of drug-likeness (QED) is 0.525. The fourth-order valence-corrected chi connectivity index (χ4v) is 0.523. The number of hydrogen-bond acceptors (Lipinski definition) is 4. The Morgan fingerprint density at radius 3 is 3.18 bits per heavy atom. The van der Waals surface area contributed by atoms with Gasteiger partial charge in [0.2, 0.25) is 0 Å². The summed E-state index contributed by atoms with van der Waals surface area (Å²) in [5.74, 6) is -0.292. The molecule has 0 spiro atoms. The summed E-state index contributed by atoms with van der Waals surface area (Å²) in [6.07, 6.45) is 6.04. The van der Waals surface area contributed by atoms with Crippen LogP contribution in [0, 0.1) is 0 Å². The van der Waals surface area contributed by atoms with Crippen LogP contribution in [0.2, 0.25) is 0 Å². The Hall–Kier alpha value is -1.78. The van der Waals surface area contributed by atoms with E-state index in [-0.39, 0.29) is 5.91 Å². The van der Waals surface area contributed by atoms with Crippen molar-refractivity contribution in [2.24, 2.45) is 5.10 Å². The molecule has 0 saturated carbocycles. The van der Waals surface area contributed by atoms with Gasteiger partial charge in [-0.25, -0.2) is 5.43 Å². The SMILES string of the molecule is C=CC(=O)NN1C=CC=NN1. The maximum atomic E-state index is 10.7. The van der Waals surface area contributed by atoms with Gasteiger partial charge in [-0.15, -0.1) is 0 Å². The molecule has 0 radical (unpaired) electrons. The number of carbonyl (C=O) groups excluding carboxylic acids is 1. The minimum absolute atomic E-state index is 0.292. The minimum atomic E-state index is -0.292. The largest absolute Gasteiger partial charge is 0.268 e. The molecule has 11 heavy (non-hydrogen) atoms. The first kappa shape index (κ1) is 7.33. The molecule has 0 saturated heterocycles. The van der Waals surface area contributed by atoms with Gasteiger partial charge in [-0.1, -0.05) is 6.58 Å². The third-order valence-corrected chi connectivity index (χ3v) is 0.977. The highest BCUT2D eigenvalue weighted by Crippen LogP contribution is 1.83. The second kappa shape index (κ2) is 3.40. The molecule has 1 aliphatic heterocycles. The second-order valence-corrected chi connectivity index (χ2v) is 1.77. The molecule has 1 amide bonds. The Morgan fingerprint density at radius 2 is 2.64 bits per heavy atom. The summed E-state index contributed by atoms with van der Waals surface area (Å²) in [4.78, 5) is 10.7. The van der Waals surface area contributed by atoms with Crippen LogP contribution in [-0.2, 0) is 4.79 Å². The first-order valence-corrected chi connectivity index (χ1v) is 3.00. The molecule has 0 aromatic heterocycles. The fraction of sp³-hybridized carbons (Fsp3) is 0. The maximum Gasteiger partial charge on any atom is 0.263 e. The van der Waals surface area contributed by atoms with Crippen molar-refractivity contribution in [2.45, 2.75) is 0 Å². The van der Waals surface area contributed by atoms with Crippen molar-refractivity contribution in [2.75, 3.05) is 0 Å². The lowest BCUT2D eigenvalue weighted by atomic mass is 10.6. The van der Waals surface area contributed by atoms with Gasteiger partial charge in [0.1, 0.15) is 0 Å². The van der Waals surface area contributed by atoms with Crippen LogP contribution in [0.5, 0.6) is 0 Å². The zero-order valence-corrected chi connectivity index (χ0v) is 5.82. The van der Waals surface area contributed by atoms with Crippen LogP contribution in [0.3, 0.4) is 0 Å². The van der Waals surface area contributed by atoms with E-state index >= 15 is 0 Å². The first-order chi connectivity index (χ1) is 5.33. The van der Waals surface area contributed by atoms with Crippen molar-refractivity contribution in [3.05, 3.63) is 24.9 Å². The van der Waals surface area contributed by atoms with Crippen LogP contribution in [-0.4, -0.2) is 17.2 Å². The van der Waals surface area contributed by atoms with Gasteiger partial charge in [0.25, 0.3) is 5.91 Å². The molecule has 5 heteroatoms. The maximum absolute atomic E-state index is 10.7. The Balaban J connectivity index is 2.38. The van der Waals surface area contributed by atoms with Crippen LogP contribution >= 0.6 is 0 Å². The van der Waals surface area contributed by atoms with Crippen LogP contribution in [0.15, 0.2) is 30.0 Å². The van der Waals surface area contributed by atoms with E-state index in [9.17, 15) is 4.79 Å². The number of rotatable bonds is 2. The number of amides is 1. The van der Waals surface area contributed by atoms with Gasteiger partial charge in [-0.05, 0) is 12.2 Å². The molecule has 0 bridgehead atoms. The van der Waals surface area contributed by atoms with Crippen molar-refractivity contribution < 1.29 is 4.79 Å². The highest BCUT2D eigenvalue weighted by Gasteiger charge is 2.00. The molecular formula is C6H8N4O. The monoisotopic (exact) mass is 152 g/mol. The van der Waals surface area contributed by atoms with E-state index in [1.807, 2.05) is 0 Å². The van der Waals surface area contributed by atoms with E-state index in [2.05, 4.69) is 22.6 Å². The average Bonchev–Trinajstić information content (AvgIpc) is 2.06. The van der Waals surface area contributed by atoms with Gasteiger partial charge >= 0.3 is 0 Å². The smallest absolute Gasteiger partial charge is 0.263 e. The Labute approximate surface area is 64.0 Å². The molecule has 0 atom stereocenters. The van der Waals surface area contributed by atoms with Crippen LogP contribution in [0.1, 0.15) is 0 Å². The predicted molar refractivity (Wildman–Crippen MR) is 40.9 cm³/mol. The predicted octanol–water partition coefficient (Wildman–Crippen LogP) is -0.477. The summed E-state index contributed by atoms with van der Waals surface area (Å²) in [7, 11) is 0. The minimum Gasteiger partial charge on any atom is -0.268 e. The molecule has 0 unspecified atom stereocenters. The second-order valence-electron chi connectivity index (χ2n) is 1.77. The van der Waals surface area contributed by atoms with Crippen molar-refractivity contribution in [1.29, 1.82) is 0 Å².